The highest BCUT2D eigenvalue weighted by atomic mass is 35.5. The molecule has 4 nitrogen and oxygen atoms in total. The van der Waals surface area contributed by atoms with Crippen LogP contribution in [0.4, 0.5) is 4.39 Å². The molecule has 20 heavy (non-hydrogen) atoms. The molecule has 2 rings (SSSR count). The number of sulfonamides is 1. The molecule has 1 fully saturated rings. The van der Waals surface area contributed by atoms with E-state index in [0.29, 0.717) is 25.2 Å². The second-order valence-corrected chi connectivity index (χ2v) is 7.48. The molecule has 0 aliphatic carbocycles. The maximum atomic E-state index is 13.1. The summed E-state index contributed by atoms with van der Waals surface area (Å²) >= 11 is 5.67. The minimum Gasteiger partial charge on any atom is -0.330 e. The largest absolute Gasteiger partial charge is 0.330 e. The van der Waals surface area contributed by atoms with Crippen LogP contribution in [0.15, 0.2) is 18.2 Å². The zero-order chi connectivity index (χ0) is 14.8. The van der Waals surface area contributed by atoms with Gasteiger partial charge in [0.15, 0.2) is 0 Å². The second-order valence-electron chi connectivity index (χ2n) is 5.11. The van der Waals surface area contributed by atoms with Crippen molar-refractivity contribution >= 4 is 21.6 Å². The quantitative estimate of drug-likeness (QED) is 0.922. The lowest BCUT2D eigenvalue weighted by Crippen LogP contribution is -2.42. The number of halogens is 2. The Kier molecular flexibility index (Phi) is 5.01. The zero-order valence-corrected chi connectivity index (χ0v) is 12.6. The number of hydrogen-bond donors (Lipinski definition) is 1. The highest BCUT2D eigenvalue weighted by Gasteiger charge is 2.28. The summed E-state index contributed by atoms with van der Waals surface area (Å²) in [4.78, 5) is 0. The van der Waals surface area contributed by atoms with E-state index in [2.05, 4.69) is 0 Å². The Labute approximate surface area is 123 Å². The fraction of sp³-hybridized carbons (Fsp3) is 0.538. The van der Waals surface area contributed by atoms with E-state index in [1.165, 1.54) is 22.5 Å². The van der Waals surface area contributed by atoms with Crippen LogP contribution in [0, 0.1) is 11.7 Å². The van der Waals surface area contributed by atoms with E-state index < -0.39 is 15.8 Å². The maximum absolute atomic E-state index is 13.1. The average Bonchev–Trinajstić information content (AvgIpc) is 2.43. The summed E-state index contributed by atoms with van der Waals surface area (Å²) in [7, 11) is -3.41. The predicted octanol–water partition coefficient (Wildman–Crippen LogP) is 1.98. The van der Waals surface area contributed by atoms with Crippen LogP contribution in [0.5, 0.6) is 0 Å². The van der Waals surface area contributed by atoms with Gasteiger partial charge in [-0.15, -0.1) is 0 Å². The Hall–Kier alpha value is -0.690. The summed E-state index contributed by atoms with van der Waals surface area (Å²) in [5, 5.41) is -0.0591. The molecule has 0 aromatic heterocycles. The first-order valence-corrected chi connectivity index (χ1v) is 8.53. The van der Waals surface area contributed by atoms with Gasteiger partial charge in [0.25, 0.3) is 0 Å². The minimum atomic E-state index is -3.41. The topological polar surface area (TPSA) is 63.4 Å². The lowest BCUT2D eigenvalue weighted by molar-refractivity contribution is 0.271. The van der Waals surface area contributed by atoms with Crippen LogP contribution >= 0.6 is 11.6 Å². The van der Waals surface area contributed by atoms with Gasteiger partial charge >= 0.3 is 0 Å². The smallest absolute Gasteiger partial charge is 0.218 e. The number of rotatable bonds is 4. The lowest BCUT2D eigenvalue weighted by Gasteiger charge is -2.31. The third-order valence-electron chi connectivity index (χ3n) is 3.54. The van der Waals surface area contributed by atoms with E-state index in [1.54, 1.807) is 0 Å². The van der Waals surface area contributed by atoms with Gasteiger partial charge in [-0.2, -0.15) is 0 Å². The number of nitrogens with zero attached hydrogens (tertiary/aromatic N) is 1. The van der Waals surface area contributed by atoms with Crippen molar-refractivity contribution in [2.45, 2.75) is 18.6 Å². The van der Waals surface area contributed by atoms with Crippen LogP contribution in [-0.4, -0.2) is 32.4 Å². The number of piperidine rings is 1. The average molecular weight is 321 g/mol. The molecule has 0 radical (unpaired) electrons. The normalized spacial score (nSPS) is 21.1. The van der Waals surface area contributed by atoms with Gasteiger partial charge < -0.3 is 5.73 Å². The van der Waals surface area contributed by atoms with Crippen LogP contribution in [0.1, 0.15) is 18.4 Å². The van der Waals surface area contributed by atoms with E-state index in [1.807, 2.05) is 0 Å². The fourth-order valence-electron chi connectivity index (χ4n) is 2.40. The molecule has 0 saturated carbocycles. The molecule has 7 heteroatoms. The van der Waals surface area contributed by atoms with Crippen molar-refractivity contribution in [3.63, 3.8) is 0 Å². The molecule has 2 N–H and O–H groups in total. The second kappa shape index (κ2) is 6.39. The van der Waals surface area contributed by atoms with Crippen molar-refractivity contribution in [2.24, 2.45) is 11.7 Å². The van der Waals surface area contributed by atoms with Gasteiger partial charge in [0.1, 0.15) is 5.82 Å². The molecule has 1 heterocycles. The third-order valence-corrected chi connectivity index (χ3v) is 5.65. The fourth-order valence-corrected chi connectivity index (χ4v) is 4.23. The molecule has 0 spiro atoms. The SMILES string of the molecule is NCC1CCCN(S(=O)(=O)Cc2ccc(F)c(Cl)c2)C1. The zero-order valence-electron chi connectivity index (χ0n) is 11.1. The van der Waals surface area contributed by atoms with E-state index >= 15 is 0 Å². The van der Waals surface area contributed by atoms with Crippen molar-refractivity contribution in [3.05, 3.63) is 34.6 Å². The Morgan fingerprint density at radius 2 is 2.20 bits per heavy atom. The number of hydrogen-bond acceptors (Lipinski definition) is 3. The molecule has 1 unspecified atom stereocenters. The van der Waals surface area contributed by atoms with Gasteiger partial charge in [-0.1, -0.05) is 17.7 Å². The molecular formula is C13H18ClFN2O2S. The lowest BCUT2D eigenvalue weighted by atomic mass is 10.0. The maximum Gasteiger partial charge on any atom is 0.218 e. The first kappa shape index (κ1) is 15.7. The van der Waals surface area contributed by atoms with Gasteiger partial charge in [0.05, 0.1) is 10.8 Å². The molecule has 1 aliphatic heterocycles. The summed E-state index contributed by atoms with van der Waals surface area (Å²) in [5.41, 5.74) is 6.11. The highest BCUT2D eigenvalue weighted by Crippen LogP contribution is 2.22. The first-order valence-electron chi connectivity index (χ1n) is 6.54. The Morgan fingerprint density at radius 3 is 2.85 bits per heavy atom. The van der Waals surface area contributed by atoms with E-state index in [-0.39, 0.29) is 16.7 Å². The molecule has 1 atom stereocenters. The highest BCUT2D eigenvalue weighted by molar-refractivity contribution is 7.88. The van der Waals surface area contributed by atoms with Crippen LogP contribution in [-0.2, 0) is 15.8 Å². The van der Waals surface area contributed by atoms with Crippen molar-refractivity contribution in [2.75, 3.05) is 19.6 Å². The molecule has 1 aromatic carbocycles. The van der Waals surface area contributed by atoms with Gasteiger partial charge in [0, 0.05) is 13.1 Å². The van der Waals surface area contributed by atoms with E-state index in [0.717, 1.165) is 12.8 Å². The Bertz CT molecular complexity index is 580. The number of nitrogens with two attached hydrogens (primary N) is 1. The van der Waals surface area contributed by atoms with Crippen molar-refractivity contribution in [3.8, 4) is 0 Å². The molecule has 1 aliphatic rings. The van der Waals surface area contributed by atoms with Crippen molar-refractivity contribution in [1.82, 2.24) is 4.31 Å². The van der Waals surface area contributed by atoms with E-state index in [9.17, 15) is 12.8 Å². The molecular weight excluding hydrogens is 303 g/mol. The van der Waals surface area contributed by atoms with Crippen LogP contribution in [0.2, 0.25) is 5.02 Å². The van der Waals surface area contributed by atoms with Crippen molar-refractivity contribution < 1.29 is 12.8 Å². The van der Waals surface area contributed by atoms with E-state index in [4.69, 9.17) is 17.3 Å². The van der Waals surface area contributed by atoms with Gasteiger partial charge in [0.2, 0.25) is 10.0 Å². The molecule has 1 saturated heterocycles. The Balaban J connectivity index is 2.12. The molecule has 112 valence electrons. The minimum absolute atomic E-state index is 0.0591. The van der Waals surface area contributed by atoms with Gasteiger partial charge in [-0.05, 0) is 43.0 Å². The predicted molar refractivity (Wildman–Crippen MR) is 77.4 cm³/mol. The monoisotopic (exact) mass is 320 g/mol. The third kappa shape index (κ3) is 3.69. The molecule has 1 aromatic rings. The first-order chi connectivity index (χ1) is 9.42. The van der Waals surface area contributed by atoms with Crippen LogP contribution in [0.25, 0.3) is 0 Å². The summed E-state index contributed by atoms with van der Waals surface area (Å²) in [6.07, 6.45) is 1.79. The summed E-state index contributed by atoms with van der Waals surface area (Å²) in [6.45, 7) is 1.48. The summed E-state index contributed by atoms with van der Waals surface area (Å²) in [5.74, 6) is -0.492. The molecule has 0 bridgehead atoms. The summed E-state index contributed by atoms with van der Waals surface area (Å²) < 4.78 is 39.3. The van der Waals surface area contributed by atoms with Crippen LogP contribution < -0.4 is 5.73 Å². The van der Waals surface area contributed by atoms with Crippen LogP contribution in [0.3, 0.4) is 0 Å². The van der Waals surface area contributed by atoms with Crippen molar-refractivity contribution in [1.29, 1.82) is 0 Å². The standard InChI is InChI=1S/C13H18ClFN2O2S/c14-12-6-10(3-4-13(12)15)9-20(18,19)17-5-1-2-11(7-16)8-17/h3-4,6,11H,1-2,5,7-9,16H2. The number of benzene rings is 1. The Morgan fingerprint density at radius 1 is 1.45 bits per heavy atom. The molecule has 0 amide bonds. The van der Waals surface area contributed by atoms with Gasteiger partial charge in [-0.3, -0.25) is 0 Å². The van der Waals surface area contributed by atoms with Gasteiger partial charge in [-0.25, -0.2) is 17.1 Å². The summed E-state index contributed by atoms with van der Waals surface area (Å²) in [6, 6.07) is 3.99.